The van der Waals surface area contributed by atoms with Gasteiger partial charge < -0.3 is 9.64 Å². The van der Waals surface area contributed by atoms with E-state index >= 15 is 0 Å². The SMILES string of the molecule is CN1CC[C@@H](Oc2cc(NS(=O)(=O)c3ccc(Sc4ccc(F)c(Cl)c4)cc3Cl)ccc2Cl)C1. The van der Waals surface area contributed by atoms with Gasteiger partial charge >= 0.3 is 0 Å². The zero-order valence-corrected chi connectivity index (χ0v) is 21.8. The van der Waals surface area contributed by atoms with Crippen LogP contribution in [0.3, 0.4) is 0 Å². The maximum absolute atomic E-state index is 13.4. The third-order valence-electron chi connectivity index (χ3n) is 5.14. The molecule has 11 heteroatoms. The second-order valence-electron chi connectivity index (χ2n) is 7.81. The molecule has 3 aromatic rings. The fraction of sp³-hybridized carbons (Fsp3) is 0.217. The summed E-state index contributed by atoms with van der Waals surface area (Å²) in [6.45, 7) is 1.70. The number of rotatable bonds is 7. The number of ether oxygens (including phenoxy) is 1. The predicted molar refractivity (Wildman–Crippen MR) is 136 cm³/mol. The highest BCUT2D eigenvalue weighted by Gasteiger charge is 2.23. The van der Waals surface area contributed by atoms with Crippen molar-refractivity contribution in [3.8, 4) is 5.75 Å². The number of anilines is 1. The van der Waals surface area contributed by atoms with Gasteiger partial charge in [0, 0.05) is 28.9 Å². The molecule has 3 aromatic carbocycles. The summed E-state index contributed by atoms with van der Waals surface area (Å²) in [6.07, 6.45) is 0.859. The van der Waals surface area contributed by atoms with Crippen LogP contribution in [0.1, 0.15) is 6.42 Å². The molecular weight excluding hydrogens is 542 g/mol. The maximum atomic E-state index is 13.4. The van der Waals surface area contributed by atoms with Gasteiger partial charge in [-0.1, -0.05) is 46.6 Å². The van der Waals surface area contributed by atoms with E-state index in [-0.39, 0.29) is 21.0 Å². The minimum Gasteiger partial charge on any atom is -0.487 e. The molecule has 0 aromatic heterocycles. The summed E-state index contributed by atoms with van der Waals surface area (Å²) < 4.78 is 47.9. The van der Waals surface area contributed by atoms with E-state index < -0.39 is 15.8 Å². The van der Waals surface area contributed by atoms with Crippen molar-refractivity contribution in [2.75, 3.05) is 24.9 Å². The third kappa shape index (κ3) is 6.11. The van der Waals surface area contributed by atoms with Crippen LogP contribution in [-0.4, -0.2) is 39.6 Å². The van der Waals surface area contributed by atoms with Gasteiger partial charge in [-0.2, -0.15) is 0 Å². The lowest BCUT2D eigenvalue weighted by Crippen LogP contribution is -2.21. The second kappa shape index (κ2) is 10.5. The first-order valence-electron chi connectivity index (χ1n) is 10.2. The molecule has 0 bridgehead atoms. The molecule has 0 spiro atoms. The van der Waals surface area contributed by atoms with Gasteiger partial charge in [0.1, 0.15) is 22.6 Å². The van der Waals surface area contributed by atoms with Gasteiger partial charge in [-0.25, -0.2) is 12.8 Å². The number of nitrogens with one attached hydrogen (secondary N) is 1. The molecule has 0 unspecified atom stereocenters. The average molecular weight is 562 g/mol. The summed E-state index contributed by atoms with van der Waals surface area (Å²) in [6, 6.07) is 13.6. The summed E-state index contributed by atoms with van der Waals surface area (Å²) in [7, 11) is -1.97. The summed E-state index contributed by atoms with van der Waals surface area (Å²) in [5.41, 5.74) is 0.307. The monoisotopic (exact) mass is 560 g/mol. The molecule has 0 radical (unpaired) electrons. The van der Waals surface area contributed by atoms with Gasteiger partial charge in [0.2, 0.25) is 0 Å². The average Bonchev–Trinajstić information content (AvgIpc) is 3.17. The van der Waals surface area contributed by atoms with Gasteiger partial charge in [-0.15, -0.1) is 0 Å². The van der Waals surface area contributed by atoms with Crippen LogP contribution in [0.2, 0.25) is 15.1 Å². The quantitative estimate of drug-likeness (QED) is 0.343. The molecule has 1 aliphatic heterocycles. The van der Waals surface area contributed by atoms with Crippen molar-refractivity contribution >= 4 is 62.3 Å². The van der Waals surface area contributed by atoms with E-state index in [0.29, 0.717) is 26.3 Å². The van der Waals surface area contributed by atoms with Gasteiger partial charge in [0.25, 0.3) is 10.0 Å². The number of halogens is 4. The molecule has 0 aliphatic carbocycles. The Morgan fingerprint density at radius 2 is 1.71 bits per heavy atom. The van der Waals surface area contributed by atoms with Crippen LogP contribution >= 0.6 is 46.6 Å². The van der Waals surface area contributed by atoms with Crippen LogP contribution in [0.25, 0.3) is 0 Å². The molecule has 0 saturated carbocycles. The summed E-state index contributed by atoms with van der Waals surface area (Å²) in [4.78, 5) is 3.44. The lowest BCUT2D eigenvalue weighted by molar-refractivity contribution is 0.208. The minimum absolute atomic E-state index is 0.00533. The molecule has 34 heavy (non-hydrogen) atoms. The summed E-state index contributed by atoms with van der Waals surface area (Å²) in [5, 5.41) is 0.453. The molecule has 1 heterocycles. The maximum Gasteiger partial charge on any atom is 0.263 e. The Balaban J connectivity index is 1.50. The van der Waals surface area contributed by atoms with Crippen molar-refractivity contribution in [3.63, 3.8) is 0 Å². The molecule has 1 N–H and O–H groups in total. The number of nitrogens with zero attached hydrogens (tertiary/aromatic N) is 1. The molecule has 180 valence electrons. The van der Waals surface area contributed by atoms with Crippen molar-refractivity contribution in [2.24, 2.45) is 0 Å². The first-order chi connectivity index (χ1) is 16.1. The number of likely N-dealkylation sites (N-methyl/N-ethyl adjacent to an activating group) is 1. The number of benzene rings is 3. The van der Waals surface area contributed by atoms with Crippen LogP contribution in [0, 0.1) is 5.82 Å². The molecule has 5 nitrogen and oxygen atoms in total. The van der Waals surface area contributed by atoms with E-state index in [4.69, 9.17) is 39.5 Å². The van der Waals surface area contributed by atoms with Crippen molar-refractivity contribution in [3.05, 3.63) is 75.5 Å². The van der Waals surface area contributed by atoms with Crippen molar-refractivity contribution < 1.29 is 17.5 Å². The summed E-state index contributed by atoms with van der Waals surface area (Å²) >= 11 is 19.7. The Labute approximate surface area is 217 Å². The Kier molecular flexibility index (Phi) is 7.86. The Bertz CT molecular complexity index is 1320. The molecule has 1 atom stereocenters. The van der Waals surface area contributed by atoms with Crippen molar-refractivity contribution in [1.29, 1.82) is 0 Å². The largest absolute Gasteiger partial charge is 0.487 e. The normalized spacial score (nSPS) is 16.6. The van der Waals surface area contributed by atoms with Gasteiger partial charge in [0.05, 0.1) is 20.8 Å². The van der Waals surface area contributed by atoms with E-state index in [9.17, 15) is 12.8 Å². The van der Waals surface area contributed by atoms with Gasteiger partial charge in [0.15, 0.2) is 0 Å². The van der Waals surface area contributed by atoms with Crippen LogP contribution < -0.4 is 9.46 Å². The number of sulfonamides is 1. The van der Waals surface area contributed by atoms with E-state index in [0.717, 1.165) is 19.5 Å². The lowest BCUT2D eigenvalue weighted by Gasteiger charge is -2.16. The van der Waals surface area contributed by atoms with E-state index in [1.54, 1.807) is 30.3 Å². The second-order valence-corrected chi connectivity index (χ2v) is 11.8. The molecule has 1 fully saturated rings. The van der Waals surface area contributed by atoms with Gasteiger partial charge in [-0.05, 0) is 62.0 Å². The van der Waals surface area contributed by atoms with Crippen molar-refractivity contribution in [2.45, 2.75) is 27.2 Å². The Morgan fingerprint density at radius 3 is 2.35 bits per heavy atom. The highest BCUT2D eigenvalue weighted by atomic mass is 35.5. The summed E-state index contributed by atoms with van der Waals surface area (Å²) in [5.74, 6) is -0.0964. The highest BCUT2D eigenvalue weighted by molar-refractivity contribution is 7.99. The number of hydrogen-bond donors (Lipinski definition) is 1. The number of hydrogen-bond acceptors (Lipinski definition) is 5. The molecule has 0 amide bonds. The Hall–Kier alpha value is -1.68. The Morgan fingerprint density at radius 1 is 1.00 bits per heavy atom. The van der Waals surface area contributed by atoms with Crippen LogP contribution in [0.5, 0.6) is 5.75 Å². The van der Waals surface area contributed by atoms with E-state index in [1.165, 1.54) is 36.0 Å². The lowest BCUT2D eigenvalue weighted by atomic mass is 10.3. The fourth-order valence-corrected chi connectivity index (χ4v) is 6.44. The van der Waals surface area contributed by atoms with Crippen LogP contribution in [0.15, 0.2) is 69.3 Å². The first kappa shape index (κ1) is 25.4. The van der Waals surface area contributed by atoms with Crippen LogP contribution in [0.4, 0.5) is 10.1 Å². The third-order valence-corrected chi connectivity index (χ3v) is 8.59. The first-order valence-corrected chi connectivity index (χ1v) is 13.6. The zero-order chi connectivity index (χ0) is 24.5. The highest BCUT2D eigenvalue weighted by Crippen LogP contribution is 2.35. The smallest absolute Gasteiger partial charge is 0.263 e. The van der Waals surface area contributed by atoms with E-state index in [2.05, 4.69) is 9.62 Å². The van der Waals surface area contributed by atoms with Gasteiger partial charge in [-0.3, -0.25) is 4.72 Å². The zero-order valence-electron chi connectivity index (χ0n) is 17.9. The molecular formula is C23H20Cl3FN2O3S2. The predicted octanol–water partition coefficient (Wildman–Crippen LogP) is 6.82. The van der Waals surface area contributed by atoms with Crippen LogP contribution in [-0.2, 0) is 10.0 Å². The van der Waals surface area contributed by atoms with Crippen molar-refractivity contribution in [1.82, 2.24) is 4.90 Å². The topological polar surface area (TPSA) is 58.6 Å². The molecule has 4 rings (SSSR count). The standard InChI is InChI=1S/C23H20Cl3FN2O3S2/c1-29-9-8-15(13-29)32-22-10-14(2-5-18(22)24)28-34(30,31)23-7-4-17(12-20(23)26)33-16-3-6-21(27)19(25)11-16/h2-7,10-12,15,28H,8-9,13H2,1H3/t15-/m1/s1. The molecule has 1 saturated heterocycles. The molecule has 1 aliphatic rings. The number of likely N-dealkylation sites (tertiary alicyclic amines) is 1. The van der Waals surface area contributed by atoms with E-state index in [1.807, 2.05) is 7.05 Å². The minimum atomic E-state index is -3.98. The fourth-order valence-electron chi connectivity index (χ4n) is 3.48.